The summed E-state index contributed by atoms with van der Waals surface area (Å²) in [6, 6.07) is 6.22. The van der Waals surface area contributed by atoms with Gasteiger partial charge in [0.1, 0.15) is 0 Å². The van der Waals surface area contributed by atoms with Crippen molar-refractivity contribution in [3.63, 3.8) is 0 Å². The fourth-order valence-corrected chi connectivity index (χ4v) is 1.50. The minimum absolute atomic E-state index is 0. The molecule has 0 fully saturated rings. The molecule has 0 aliphatic carbocycles. The third kappa shape index (κ3) is 2.54. The summed E-state index contributed by atoms with van der Waals surface area (Å²) in [6.45, 7) is 4.03. The quantitative estimate of drug-likeness (QED) is 0.749. The maximum absolute atomic E-state index is 10.7. The largest absolute Gasteiger partial charge is 0.294 e. The molecule has 0 aliphatic heterocycles. The number of rotatable bonds is 2. The van der Waals surface area contributed by atoms with Crippen molar-refractivity contribution >= 4 is 10.1 Å². The first-order chi connectivity index (χ1) is 5.91. The van der Waals surface area contributed by atoms with Crippen LogP contribution < -0.4 is 0 Å². The molecule has 3 nitrogen and oxygen atoms in total. The van der Waals surface area contributed by atoms with Crippen molar-refractivity contribution in [3.05, 3.63) is 29.8 Å². The fourth-order valence-electron chi connectivity index (χ4n) is 1.02. The van der Waals surface area contributed by atoms with E-state index in [1.807, 2.05) is 13.8 Å². The van der Waals surface area contributed by atoms with Crippen LogP contribution in [-0.4, -0.2) is 13.0 Å². The molecule has 1 aromatic carbocycles. The van der Waals surface area contributed by atoms with Gasteiger partial charge in [0.2, 0.25) is 0 Å². The third-order valence-corrected chi connectivity index (χ3v) is 2.71. The first-order valence-electron chi connectivity index (χ1n) is 3.98. The van der Waals surface area contributed by atoms with Crippen LogP contribution in [0.1, 0.15) is 26.8 Å². The maximum Gasteiger partial charge on any atom is 0.294 e. The van der Waals surface area contributed by atoms with Crippen LogP contribution in [0, 0.1) is 0 Å². The van der Waals surface area contributed by atoms with Gasteiger partial charge in [-0.2, -0.15) is 8.42 Å². The van der Waals surface area contributed by atoms with E-state index in [9.17, 15) is 8.42 Å². The highest BCUT2D eigenvalue weighted by Gasteiger charge is 2.08. The summed E-state index contributed by atoms with van der Waals surface area (Å²) in [7, 11) is -4.05. The van der Waals surface area contributed by atoms with Crippen molar-refractivity contribution in [2.24, 2.45) is 0 Å². The van der Waals surface area contributed by atoms with Crippen LogP contribution in [0.3, 0.4) is 0 Å². The van der Waals surface area contributed by atoms with Gasteiger partial charge in [-0.25, -0.2) is 0 Å². The van der Waals surface area contributed by atoms with E-state index in [4.69, 9.17) is 4.55 Å². The second kappa shape index (κ2) is 3.47. The summed E-state index contributed by atoms with van der Waals surface area (Å²) in [5.41, 5.74) is 1.05. The molecule has 13 heavy (non-hydrogen) atoms. The second-order valence-corrected chi connectivity index (χ2v) is 4.62. The molecule has 1 N–H and O–H groups in total. The van der Waals surface area contributed by atoms with Gasteiger partial charge in [0.25, 0.3) is 10.1 Å². The first-order valence-corrected chi connectivity index (χ1v) is 5.42. The lowest BCUT2D eigenvalue weighted by molar-refractivity contribution is 0.483. The molecule has 1 rings (SSSR count). The van der Waals surface area contributed by atoms with E-state index < -0.39 is 10.1 Å². The van der Waals surface area contributed by atoms with Gasteiger partial charge in [-0.05, 0) is 23.6 Å². The Morgan fingerprint density at radius 2 is 1.69 bits per heavy atom. The van der Waals surface area contributed by atoms with Crippen LogP contribution in [0.15, 0.2) is 29.2 Å². The second-order valence-electron chi connectivity index (χ2n) is 3.20. The number of hydrogen-bond donors (Lipinski definition) is 1. The maximum atomic E-state index is 10.7. The molecule has 0 aliphatic rings. The standard InChI is InChI=1S/C9H12O3S.H2/c1-7(2)8-3-5-9(6-4-8)13(10,11)12;/h3-7H,1-2H3,(H,10,11,12);1H. The summed E-state index contributed by atoms with van der Waals surface area (Å²) in [4.78, 5) is -0.0584. The van der Waals surface area contributed by atoms with Crippen LogP contribution in [-0.2, 0) is 10.1 Å². The molecular weight excluding hydrogens is 188 g/mol. The fraction of sp³-hybridized carbons (Fsp3) is 0.333. The highest BCUT2D eigenvalue weighted by atomic mass is 32.2. The molecule has 0 unspecified atom stereocenters. The highest BCUT2D eigenvalue weighted by Crippen LogP contribution is 2.16. The van der Waals surface area contributed by atoms with E-state index in [-0.39, 0.29) is 6.32 Å². The Morgan fingerprint density at radius 1 is 1.23 bits per heavy atom. The Balaban J connectivity index is 0.00000169. The number of hydrogen-bond acceptors (Lipinski definition) is 2. The minimum Gasteiger partial charge on any atom is -0.282 e. The molecule has 0 atom stereocenters. The van der Waals surface area contributed by atoms with E-state index in [0.29, 0.717) is 5.92 Å². The van der Waals surface area contributed by atoms with Gasteiger partial charge in [-0.15, -0.1) is 0 Å². The Hall–Kier alpha value is -0.870. The van der Waals surface area contributed by atoms with E-state index >= 15 is 0 Å². The highest BCUT2D eigenvalue weighted by molar-refractivity contribution is 7.85. The van der Waals surface area contributed by atoms with Crippen molar-refractivity contribution in [1.29, 1.82) is 0 Å². The molecule has 0 radical (unpaired) electrons. The molecule has 0 heterocycles. The van der Waals surface area contributed by atoms with Crippen LogP contribution in [0.5, 0.6) is 0 Å². The average molecular weight is 202 g/mol. The lowest BCUT2D eigenvalue weighted by Gasteiger charge is -2.04. The van der Waals surface area contributed by atoms with Crippen molar-refractivity contribution in [2.45, 2.75) is 24.7 Å². The summed E-state index contributed by atoms with van der Waals surface area (Å²) >= 11 is 0. The van der Waals surface area contributed by atoms with Crippen LogP contribution >= 0.6 is 0 Å². The molecule has 1 aromatic rings. The van der Waals surface area contributed by atoms with Crippen LogP contribution in [0.25, 0.3) is 0 Å². The van der Waals surface area contributed by atoms with Gasteiger partial charge in [-0.1, -0.05) is 26.0 Å². The lowest BCUT2D eigenvalue weighted by atomic mass is 10.0. The zero-order valence-electron chi connectivity index (χ0n) is 7.56. The molecule has 0 spiro atoms. The minimum atomic E-state index is -4.05. The topological polar surface area (TPSA) is 54.4 Å². The molecular formula is C9H14O3S. The van der Waals surface area contributed by atoms with Gasteiger partial charge in [0.15, 0.2) is 0 Å². The monoisotopic (exact) mass is 202 g/mol. The molecule has 74 valence electrons. The molecule has 0 bridgehead atoms. The third-order valence-electron chi connectivity index (χ3n) is 1.84. The van der Waals surface area contributed by atoms with E-state index in [0.717, 1.165) is 5.56 Å². The predicted molar refractivity (Wildman–Crippen MR) is 52.5 cm³/mol. The zero-order valence-corrected chi connectivity index (χ0v) is 8.38. The lowest BCUT2D eigenvalue weighted by Crippen LogP contribution is -1.98. The van der Waals surface area contributed by atoms with E-state index in [1.165, 1.54) is 12.1 Å². The van der Waals surface area contributed by atoms with Crippen molar-refractivity contribution in [3.8, 4) is 0 Å². The normalized spacial score (nSPS) is 12.0. The summed E-state index contributed by atoms with van der Waals surface area (Å²) in [6.07, 6.45) is 0. The predicted octanol–water partition coefficient (Wildman–Crippen LogP) is 2.30. The molecule has 0 saturated carbocycles. The first kappa shape index (κ1) is 10.2. The zero-order chi connectivity index (χ0) is 10.1. The van der Waals surface area contributed by atoms with Gasteiger partial charge in [0.05, 0.1) is 4.90 Å². The Kier molecular flexibility index (Phi) is 2.73. The van der Waals surface area contributed by atoms with Crippen molar-refractivity contribution < 1.29 is 14.4 Å². The van der Waals surface area contributed by atoms with Gasteiger partial charge < -0.3 is 0 Å². The van der Waals surface area contributed by atoms with Crippen LogP contribution in [0.4, 0.5) is 0 Å². The smallest absolute Gasteiger partial charge is 0.282 e. The molecule has 0 saturated heterocycles. The van der Waals surface area contributed by atoms with Crippen molar-refractivity contribution in [2.75, 3.05) is 0 Å². The molecule has 4 heteroatoms. The van der Waals surface area contributed by atoms with E-state index in [2.05, 4.69) is 0 Å². The SMILES string of the molecule is CC(C)c1ccc(S(=O)(=O)O)cc1.[HH]. The summed E-state index contributed by atoms with van der Waals surface area (Å²) < 4.78 is 30.0. The van der Waals surface area contributed by atoms with E-state index in [1.54, 1.807) is 12.1 Å². The summed E-state index contributed by atoms with van der Waals surface area (Å²) in [5.74, 6) is 0.357. The molecule has 0 amide bonds. The van der Waals surface area contributed by atoms with Gasteiger partial charge in [0, 0.05) is 1.43 Å². The average Bonchev–Trinajstić information content (AvgIpc) is 2.03. The number of benzene rings is 1. The van der Waals surface area contributed by atoms with Gasteiger partial charge in [-0.3, -0.25) is 4.55 Å². The Bertz CT molecular complexity index is 381. The van der Waals surface area contributed by atoms with Crippen molar-refractivity contribution in [1.82, 2.24) is 0 Å². The Labute approximate surface area is 79.6 Å². The molecule has 0 aromatic heterocycles. The van der Waals surface area contributed by atoms with Gasteiger partial charge >= 0.3 is 0 Å². The Morgan fingerprint density at radius 3 is 2.00 bits per heavy atom. The van der Waals surface area contributed by atoms with Crippen LogP contribution in [0.2, 0.25) is 0 Å². The summed E-state index contributed by atoms with van der Waals surface area (Å²) in [5, 5.41) is 0.